The van der Waals surface area contributed by atoms with E-state index in [9.17, 15) is 4.79 Å². The zero-order valence-corrected chi connectivity index (χ0v) is 20.5. The number of carbonyl (C=O) groups excluding carboxylic acids is 1. The smallest absolute Gasteiger partial charge is 0.319 e. The van der Waals surface area contributed by atoms with E-state index in [1.54, 1.807) is 0 Å². The topological polar surface area (TPSA) is 86.8 Å². The van der Waals surface area contributed by atoms with Crippen LogP contribution in [0.15, 0.2) is 29.3 Å². The summed E-state index contributed by atoms with van der Waals surface area (Å²) < 4.78 is 5.57. The molecule has 0 bridgehead atoms. The number of amides is 2. The number of hydrogen-bond donors (Lipinski definition) is 4. The van der Waals surface area contributed by atoms with E-state index in [0.29, 0.717) is 6.54 Å². The second kappa shape index (κ2) is 17.3. The average Bonchev–Trinajstić information content (AvgIpc) is 2.65. The van der Waals surface area contributed by atoms with Gasteiger partial charge in [0, 0.05) is 38.0 Å². The molecule has 2 amide bonds. The van der Waals surface area contributed by atoms with Gasteiger partial charge in [-0.25, -0.2) is 9.79 Å². The fourth-order valence-electron chi connectivity index (χ4n) is 2.36. The third-order valence-electron chi connectivity index (χ3n) is 3.80. The van der Waals surface area contributed by atoms with Crippen molar-refractivity contribution in [3.63, 3.8) is 0 Å². The van der Waals surface area contributed by atoms with E-state index in [0.717, 1.165) is 62.8 Å². The molecule has 0 unspecified atom stereocenters. The summed E-state index contributed by atoms with van der Waals surface area (Å²) in [5, 5.41) is 12.2. The van der Waals surface area contributed by atoms with E-state index in [4.69, 9.17) is 4.74 Å². The van der Waals surface area contributed by atoms with E-state index in [2.05, 4.69) is 33.2 Å². The fourth-order valence-corrected chi connectivity index (χ4v) is 2.36. The van der Waals surface area contributed by atoms with Gasteiger partial charge in [0.2, 0.25) is 0 Å². The molecular formula is C21H38IN5O2. The molecule has 1 aromatic rings. The van der Waals surface area contributed by atoms with E-state index in [1.165, 1.54) is 0 Å². The minimum Gasteiger partial charge on any atom is -0.381 e. The molecule has 0 aliphatic heterocycles. The van der Waals surface area contributed by atoms with Crippen LogP contribution in [0.25, 0.3) is 0 Å². The van der Waals surface area contributed by atoms with Crippen LogP contribution in [0.1, 0.15) is 52.5 Å². The van der Waals surface area contributed by atoms with E-state index in [-0.39, 0.29) is 36.0 Å². The van der Waals surface area contributed by atoms with Crippen LogP contribution >= 0.6 is 24.0 Å². The quantitative estimate of drug-likeness (QED) is 0.145. The molecule has 0 aliphatic carbocycles. The lowest BCUT2D eigenvalue weighted by Gasteiger charge is -2.12. The van der Waals surface area contributed by atoms with Gasteiger partial charge >= 0.3 is 6.03 Å². The molecule has 0 aliphatic rings. The van der Waals surface area contributed by atoms with Gasteiger partial charge in [-0.1, -0.05) is 25.5 Å². The molecule has 0 fully saturated rings. The first-order valence-corrected chi connectivity index (χ1v) is 10.3. The molecule has 0 aromatic heterocycles. The number of aliphatic imine (C=N–C) groups is 1. The van der Waals surface area contributed by atoms with Gasteiger partial charge in [-0.2, -0.15) is 0 Å². The summed E-state index contributed by atoms with van der Waals surface area (Å²) >= 11 is 0. The maximum Gasteiger partial charge on any atom is 0.319 e. The molecule has 8 heteroatoms. The van der Waals surface area contributed by atoms with Crippen LogP contribution in [0.2, 0.25) is 0 Å². The first-order chi connectivity index (χ1) is 13.5. The maximum absolute atomic E-state index is 11.7. The number of urea groups is 1. The van der Waals surface area contributed by atoms with Gasteiger partial charge in [0.15, 0.2) is 5.96 Å². The third kappa shape index (κ3) is 14.1. The van der Waals surface area contributed by atoms with Gasteiger partial charge in [0.1, 0.15) is 0 Å². The standard InChI is InChI=1S/C21H37N5O2.HI/c1-5-7-14-28-15-8-13-23-20(22-6-2)24-16-18-9-11-19(12-10-18)26-21(27)25-17(3)4;/h9-12,17H,5-8,13-16H2,1-4H3,(H2,22,23,24)(H2,25,26,27);1H. The van der Waals surface area contributed by atoms with Gasteiger partial charge in [-0.05, 0) is 51.3 Å². The summed E-state index contributed by atoms with van der Waals surface area (Å²) in [6.07, 6.45) is 3.23. The van der Waals surface area contributed by atoms with Gasteiger partial charge < -0.3 is 26.0 Å². The van der Waals surface area contributed by atoms with Crippen molar-refractivity contribution in [2.45, 2.75) is 59.5 Å². The zero-order chi connectivity index (χ0) is 20.6. The van der Waals surface area contributed by atoms with Gasteiger partial charge in [0.05, 0.1) is 6.54 Å². The number of carbonyl (C=O) groups is 1. The van der Waals surface area contributed by atoms with Crippen LogP contribution in [-0.2, 0) is 11.3 Å². The molecule has 166 valence electrons. The molecule has 1 aromatic carbocycles. The summed E-state index contributed by atoms with van der Waals surface area (Å²) in [4.78, 5) is 16.3. The van der Waals surface area contributed by atoms with Gasteiger partial charge in [-0.3, -0.25) is 0 Å². The minimum absolute atomic E-state index is 0. The van der Waals surface area contributed by atoms with Crippen LogP contribution in [0.3, 0.4) is 0 Å². The van der Waals surface area contributed by atoms with E-state index < -0.39 is 0 Å². The molecule has 4 N–H and O–H groups in total. The number of nitrogens with zero attached hydrogens (tertiary/aromatic N) is 1. The normalized spacial score (nSPS) is 11.0. The molecule has 0 saturated heterocycles. The highest BCUT2D eigenvalue weighted by Crippen LogP contribution is 2.10. The fraction of sp³-hybridized carbons (Fsp3) is 0.619. The number of anilines is 1. The Hall–Kier alpha value is -1.55. The molecular weight excluding hydrogens is 481 g/mol. The van der Waals surface area contributed by atoms with Crippen LogP contribution < -0.4 is 21.3 Å². The van der Waals surface area contributed by atoms with Crippen molar-refractivity contribution in [2.75, 3.05) is 31.6 Å². The van der Waals surface area contributed by atoms with Gasteiger partial charge in [0.25, 0.3) is 0 Å². The first kappa shape index (κ1) is 27.5. The Kier molecular flexibility index (Phi) is 16.4. The number of rotatable bonds is 12. The number of unbranched alkanes of at least 4 members (excludes halogenated alkanes) is 1. The zero-order valence-electron chi connectivity index (χ0n) is 18.2. The molecule has 7 nitrogen and oxygen atoms in total. The summed E-state index contributed by atoms with van der Waals surface area (Å²) in [6.45, 7) is 11.9. The van der Waals surface area contributed by atoms with Crippen molar-refractivity contribution < 1.29 is 9.53 Å². The average molecular weight is 519 g/mol. The number of guanidine groups is 1. The minimum atomic E-state index is -0.196. The lowest BCUT2D eigenvalue weighted by molar-refractivity contribution is 0.129. The summed E-state index contributed by atoms with van der Waals surface area (Å²) in [6, 6.07) is 7.63. The van der Waals surface area contributed by atoms with Crippen molar-refractivity contribution in [2.24, 2.45) is 4.99 Å². The van der Waals surface area contributed by atoms with Crippen LogP contribution in [0.5, 0.6) is 0 Å². The number of hydrogen-bond acceptors (Lipinski definition) is 3. The second-order valence-corrected chi connectivity index (χ2v) is 6.89. The van der Waals surface area contributed by atoms with Crippen molar-refractivity contribution in [1.29, 1.82) is 0 Å². The van der Waals surface area contributed by atoms with Crippen molar-refractivity contribution in [3.05, 3.63) is 29.8 Å². The monoisotopic (exact) mass is 519 g/mol. The predicted molar refractivity (Wildman–Crippen MR) is 132 cm³/mol. The highest BCUT2D eigenvalue weighted by atomic mass is 127. The highest BCUT2D eigenvalue weighted by molar-refractivity contribution is 14.0. The summed E-state index contributed by atoms with van der Waals surface area (Å²) in [7, 11) is 0. The Morgan fingerprint density at radius 1 is 1.07 bits per heavy atom. The number of halogens is 1. The number of benzene rings is 1. The second-order valence-electron chi connectivity index (χ2n) is 6.89. The number of nitrogens with one attached hydrogen (secondary N) is 4. The molecule has 0 atom stereocenters. The SMILES string of the molecule is CCCCOCCCNC(=NCc1ccc(NC(=O)NC(C)C)cc1)NCC.I. The van der Waals surface area contributed by atoms with Gasteiger partial charge in [-0.15, -0.1) is 24.0 Å². The molecule has 0 spiro atoms. The molecule has 1 rings (SSSR count). The Morgan fingerprint density at radius 3 is 2.38 bits per heavy atom. The summed E-state index contributed by atoms with van der Waals surface area (Å²) in [5.74, 6) is 0.801. The third-order valence-corrected chi connectivity index (χ3v) is 3.80. The largest absolute Gasteiger partial charge is 0.381 e. The first-order valence-electron chi connectivity index (χ1n) is 10.3. The van der Waals surface area contributed by atoms with Crippen LogP contribution in [0.4, 0.5) is 10.5 Å². The Bertz CT molecular complexity index is 579. The lowest BCUT2D eigenvalue weighted by Crippen LogP contribution is -2.38. The maximum atomic E-state index is 11.7. The van der Waals surface area contributed by atoms with Crippen LogP contribution in [0, 0.1) is 0 Å². The van der Waals surface area contributed by atoms with Crippen molar-refractivity contribution in [1.82, 2.24) is 16.0 Å². The molecule has 29 heavy (non-hydrogen) atoms. The van der Waals surface area contributed by atoms with Crippen molar-refractivity contribution in [3.8, 4) is 0 Å². The Balaban J connectivity index is 0.00000784. The Morgan fingerprint density at radius 2 is 1.76 bits per heavy atom. The Labute approximate surface area is 192 Å². The number of ether oxygens (including phenoxy) is 1. The lowest BCUT2D eigenvalue weighted by atomic mass is 10.2. The molecule has 0 saturated carbocycles. The van der Waals surface area contributed by atoms with E-state index in [1.807, 2.05) is 45.0 Å². The molecule has 0 heterocycles. The van der Waals surface area contributed by atoms with E-state index >= 15 is 0 Å². The van der Waals surface area contributed by atoms with Crippen molar-refractivity contribution >= 4 is 41.7 Å². The van der Waals surface area contributed by atoms with Crippen LogP contribution in [-0.4, -0.2) is 44.3 Å². The highest BCUT2D eigenvalue weighted by Gasteiger charge is 2.03. The molecule has 0 radical (unpaired) electrons. The summed E-state index contributed by atoms with van der Waals surface area (Å²) in [5.41, 5.74) is 1.84. The predicted octanol–water partition coefficient (Wildman–Crippen LogP) is 4.10.